The van der Waals surface area contributed by atoms with Crippen molar-refractivity contribution < 1.29 is 18.7 Å². The van der Waals surface area contributed by atoms with E-state index in [-0.39, 0.29) is 12.2 Å². The number of nitrogens with zero attached hydrogens (tertiary/aromatic N) is 1. The number of nitrogens with one attached hydrogen (secondary N) is 1. The lowest BCUT2D eigenvalue weighted by Crippen LogP contribution is -2.33. The van der Waals surface area contributed by atoms with Crippen molar-refractivity contribution in [1.29, 1.82) is 0 Å². The minimum Gasteiger partial charge on any atom is -0.464 e. The van der Waals surface area contributed by atoms with Crippen molar-refractivity contribution in [3.05, 3.63) is 42.4 Å². The molecule has 2 heterocycles. The normalized spacial score (nSPS) is 18.0. The number of amides is 2. The molecule has 1 aromatic carbocycles. The van der Waals surface area contributed by atoms with E-state index in [1.807, 2.05) is 0 Å². The molecule has 0 aliphatic carbocycles. The molecular formula is C15H15FN2O3. The van der Waals surface area contributed by atoms with Crippen molar-refractivity contribution in [2.75, 3.05) is 18.4 Å². The number of carbonyl (C=O) groups is 1. The second kappa shape index (κ2) is 5.57. The van der Waals surface area contributed by atoms with Crippen LogP contribution in [-0.4, -0.2) is 35.2 Å². The van der Waals surface area contributed by atoms with Gasteiger partial charge in [-0.05, 0) is 36.8 Å². The number of aliphatic hydroxyl groups excluding tert-OH is 1. The molecule has 21 heavy (non-hydrogen) atoms. The van der Waals surface area contributed by atoms with Crippen molar-refractivity contribution in [2.24, 2.45) is 0 Å². The summed E-state index contributed by atoms with van der Waals surface area (Å²) in [5.41, 5.74) is 0.772. The summed E-state index contributed by atoms with van der Waals surface area (Å²) in [4.78, 5) is 13.5. The fourth-order valence-electron chi connectivity index (χ4n) is 2.34. The van der Waals surface area contributed by atoms with Gasteiger partial charge in [-0.3, -0.25) is 0 Å². The molecule has 1 aromatic heterocycles. The molecular weight excluding hydrogens is 275 g/mol. The second-order valence-corrected chi connectivity index (χ2v) is 4.99. The number of carbonyl (C=O) groups excluding carboxylic acids is 1. The van der Waals surface area contributed by atoms with E-state index in [0.717, 1.165) is 0 Å². The number of urea groups is 1. The van der Waals surface area contributed by atoms with E-state index >= 15 is 0 Å². The fraction of sp³-hybridized carbons (Fsp3) is 0.267. The molecule has 1 saturated heterocycles. The zero-order valence-corrected chi connectivity index (χ0v) is 11.3. The molecule has 0 spiro atoms. The van der Waals surface area contributed by atoms with Gasteiger partial charge in [-0.1, -0.05) is 0 Å². The summed E-state index contributed by atoms with van der Waals surface area (Å²) in [5, 5.41) is 12.0. The number of β-amino-alcohol motifs (C(OH)–C–C–N with tert-alkyl or cyclic N) is 1. The largest absolute Gasteiger partial charge is 0.464 e. The van der Waals surface area contributed by atoms with Crippen LogP contribution in [0.5, 0.6) is 0 Å². The highest BCUT2D eigenvalue weighted by atomic mass is 19.1. The Morgan fingerprint density at radius 3 is 2.95 bits per heavy atom. The third kappa shape index (κ3) is 2.90. The van der Waals surface area contributed by atoms with Gasteiger partial charge in [0.25, 0.3) is 0 Å². The maximum Gasteiger partial charge on any atom is 0.322 e. The zero-order chi connectivity index (χ0) is 14.8. The maximum atomic E-state index is 13.8. The van der Waals surface area contributed by atoms with Crippen LogP contribution in [0.1, 0.15) is 6.42 Å². The molecule has 1 aliphatic heterocycles. The molecule has 3 rings (SSSR count). The molecule has 0 unspecified atom stereocenters. The summed E-state index contributed by atoms with van der Waals surface area (Å²) in [6.45, 7) is 0.734. The highest BCUT2D eigenvalue weighted by Crippen LogP contribution is 2.25. The van der Waals surface area contributed by atoms with E-state index in [2.05, 4.69) is 5.32 Å². The van der Waals surface area contributed by atoms with Gasteiger partial charge in [0.1, 0.15) is 11.6 Å². The highest BCUT2D eigenvalue weighted by molar-refractivity contribution is 5.90. The van der Waals surface area contributed by atoms with Crippen molar-refractivity contribution in [2.45, 2.75) is 12.5 Å². The minimum atomic E-state index is -0.515. The molecule has 110 valence electrons. The van der Waals surface area contributed by atoms with Gasteiger partial charge in [0.15, 0.2) is 0 Å². The number of rotatable bonds is 2. The number of anilines is 1. The Balaban J connectivity index is 1.78. The van der Waals surface area contributed by atoms with Crippen molar-refractivity contribution in [3.63, 3.8) is 0 Å². The molecule has 2 N–H and O–H groups in total. The standard InChI is InChI=1S/C15H15FN2O3/c16-12-4-3-10(14-2-1-7-21-14)8-13(12)17-15(20)18-6-5-11(19)9-18/h1-4,7-8,11,19H,5-6,9H2,(H,17,20)/t11-/m0/s1. The summed E-state index contributed by atoms with van der Waals surface area (Å²) in [5.74, 6) is 0.0838. The van der Waals surface area contributed by atoms with Gasteiger partial charge < -0.3 is 19.7 Å². The first-order valence-corrected chi connectivity index (χ1v) is 6.71. The first-order valence-electron chi connectivity index (χ1n) is 6.71. The Kier molecular flexibility index (Phi) is 3.62. The van der Waals surface area contributed by atoms with Gasteiger partial charge in [-0.15, -0.1) is 0 Å². The number of likely N-dealkylation sites (tertiary alicyclic amines) is 1. The number of hydrogen-bond acceptors (Lipinski definition) is 3. The van der Waals surface area contributed by atoms with E-state index < -0.39 is 18.0 Å². The quantitative estimate of drug-likeness (QED) is 0.893. The summed E-state index contributed by atoms with van der Waals surface area (Å²) in [7, 11) is 0. The molecule has 2 aromatic rings. The summed E-state index contributed by atoms with van der Waals surface area (Å²) < 4.78 is 19.1. The van der Waals surface area contributed by atoms with Gasteiger partial charge in [-0.25, -0.2) is 9.18 Å². The molecule has 1 aliphatic rings. The van der Waals surface area contributed by atoms with Gasteiger partial charge in [-0.2, -0.15) is 0 Å². The third-order valence-electron chi connectivity index (χ3n) is 3.46. The van der Waals surface area contributed by atoms with E-state index in [1.165, 1.54) is 23.3 Å². The predicted octanol–water partition coefficient (Wildman–Crippen LogP) is 2.68. The molecule has 0 bridgehead atoms. The Morgan fingerprint density at radius 1 is 1.43 bits per heavy atom. The lowest BCUT2D eigenvalue weighted by Gasteiger charge is -2.17. The molecule has 1 fully saturated rings. The molecule has 0 radical (unpaired) electrons. The van der Waals surface area contributed by atoms with Crippen molar-refractivity contribution >= 4 is 11.7 Å². The Bertz CT molecular complexity index is 642. The van der Waals surface area contributed by atoms with Crippen LogP contribution in [0.4, 0.5) is 14.9 Å². The fourth-order valence-corrected chi connectivity index (χ4v) is 2.34. The monoisotopic (exact) mass is 290 g/mol. The Labute approximate surface area is 121 Å². The smallest absolute Gasteiger partial charge is 0.322 e. The second-order valence-electron chi connectivity index (χ2n) is 4.99. The van der Waals surface area contributed by atoms with Gasteiger partial charge in [0.05, 0.1) is 18.1 Å². The maximum absolute atomic E-state index is 13.8. The molecule has 0 saturated carbocycles. The van der Waals surface area contributed by atoms with Gasteiger partial charge in [0, 0.05) is 18.7 Å². The first kappa shape index (κ1) is 13.6. The van der Waals surface area contributed by atoms with Gasteiger partial charge in [0.2, 0.25) is 0 Å². The average Bonchev–Trinajstić information content (AvgIpc) is 3.12. The van der Waals surface area contributed by atoms with Crippen LogP contribution in [0.2, 0.25) is 0 Å². The van der Waals surface area contributed by atoms with Crippen molar-refractivity contribution in [1.82, 2.24) is 4.90 Å². The Hall–Kier alpha value is -2.34. The topological polar surface area (TPSA) is 65.7 Å². The average molecular weight is 290 g/mol. The number of halogens is 1. The van der Waals surface area contributed by atoms with Crippen LogP contribution in [0.25, 0.3) is 11.3 Å². The van der Waals surface area contributed by atoms with Crippen LogP contribution >= 0.6 is 0 Å². The number of benzene rings is 1. The van der Waals surface area contributed by atoms with E-state index in [1.54, 1.807) is 18.2 Å². The van der Waals surface area contributed by atoms with Crippen LogP contribution < -0.4 is 5.32 Å². The van der Waals surface area contributed by atoms with Crippen LogP contribution in [0.3, 0.4) is 0 Å². The van der Waals surface area contributed by atoms with Crippen molar-refractivity contribution in [3.8, 4) is 11.3 Å². The lowest BCUT2D eigenvalue weighted by atomic mass is 10.1. The van der Waals surface area contributed by atoms with E-state index in [4.69, 9.17) is 4.42 Å². The highest BCUT2D eigenvalue weighted by Gasteiger charge is 2.25. The molecule has 1 atom stereocenters. The Morgan fingerprint density at radius 2 is 2.29 bits per heavy atom. The number of hydrogen-bond donors (Lipinski definition) is 2. The SMILES string of the molecule is O=C(Nc1cc(-c2ccco2)ccc1F)N1CC[C@H](O)C1. The molecule has 2 amide bonds. The van der Waals surface area contributed by atoms with Gasteiger partial charge >= 0.3 is 6.03 Å². The number of aliphatic hydroxyl groups is 1. The lowest BCUT2D eigenvalue weighted by molar-refractivity contribution is 0.176. The summed E-state index contributed by atoms with van der Waals surface area (Å²) in [6, 6.07) is 7.48. The van der Waals surface area contributed by atoms with Crippen LogP contribution in [0, 0.1) is 5.82 Å². The predicted molar refractivity (Wildman–Crippen MR) is 75.3 cm³/mol. The number of furan rings is 1. The third-order valence-corrected chi connectivity index (χ3v) is 3.46. The molecule has 5 nitrogen and oxygen atoms in total. The summed E-state index contributed by atoms with van der Waals surface area (Å²) in [6.07, 6.45) is 1.57. The first-order chi connectivity index (χ1) is 10.1. The molecule has 6 heteroatoms. The van der Waals surface area contributed by atoms with E-state index in [9.17, 15) is 14.3 Å². The summed E-state index contributed by atoms with van der Waals surface area (Å²) >= 11 is 0. The van der Waals surface area contributed by atoms with E-state index in [0.29, 0.717) is 24.3 Å². The van der Waals surface area contributed by atoms with Crippen LogP contribution in [-0.2, 0) is 0 Å². The van der Waals surface area contributed by atoms with Crippen LogP contribution in [0.15, 0.2) is 41.0 Å². The minimum absolute atomic E-state index is 0.0929. The zero-order valence-electron chi connectivity index (χ0n) is 11.3.